The van der Waals surface area contributed by atoms with Crippen molar-refractivity contribution in [3.05, 3.63) is 18.2 Å². The average Bonchev–Trinajstić information content (AvgIpc) is 2.58. The summed E-state index contributed by atoms with van der Waals surface area (Å²) in [6.07, 6.45) is 2.15. The Balaban J connectivity index is 0.00000529. The van der Waals surface area contributed by atoms with Crippen LogP contribution in [0.2, 0.25) is 0 Å². The van der Waals surface area contributed by atoms with Gasteiger partial charge < -0.3 is 25.4 Å². The van der Waals surface area contributed by atoms with E-state index in [0.717, 1.165) is 43.9 Å². The third kappa shape index (κ3) is 8.05. The molecule has 0 aliphatic rings. The maximum Gasteiger partial charge on any atom is 0.193 e. The molecule has 1 rings (SSSR count). The molecule has 138 valence electrons. The van der Waals surface area contributed by atoms with E-state index in [4.69, 9.17) is 15.2 Å². The topological polar surface area (TPSA) is 72.1 Å². The maximum absolute atomic E-state index is 5.95. The molecule has 0 radical (unpaired) electrons. The highest BCUT2D eigenvalue weighted by Crippen LogP contribution is 2.28. The van der Waals surface area contributed by atoms with Crippen molar-refractivity contribution in [2.24, 2.45) is 10.7 Å². The minimum absolute atomic E-state index is 0. The van der Waals surface area contributed by atoms with Crippen molar-refractivity contribution in [3.8, 4) is 11.5 Å². The van der Waals surface area contributed by atoms with Crippen LogP contribution >= 0.6 is 24.0 Å². The summed E-state index contributed by atoms with van der Waals surface area (Å²) in [4.78, 5) is 6.78. The van der Waals surface area contributed by atoms with E-state index in [0.29, 0.717) is 18.3 Å². The second-order valence-electron chi connectivity index (χ2n) is 5.19. The fourth-order valence-electron chi connectivity index (χ4n) is 2.28. The molecular formula is C17H31IN4O2. The molecule has 0 atom stereocenters. The summed E-state index contributed by atoms with van der Waals surface area (Å²) >= 11 is 0. The third-order valence-electron chi connectivity index (χ3n) is 3.73. The molecule has 1 aromatic rings. The lowest BCUT2D eigenvalue weighted by atomic mass is 10.2. The molecule has 3 N–H and O–H groups in total. The molecule has 24 heavy (non-hydrogen) atoms. The number of unbranched alkanes of at least 4 members (excludes halogenated alkanes) is 1. The average molecular weight is 450 g/mol. The normalized spacial score (nSPS) is 11.1. The number of nitrogens with zero attached hydrogens (tertiary/aromatic N) is 2. The largest absolute Gasteiger partial charge is 0.497 e. The van der Waals surface area contributed by atoms with Gasteiger partial charge in [-0.15, -0.1) is 24.0 Å². The van der Waals surface area contributed by atoms with Gasteiger partial charge in [0.1, 0.15) is 11.5 Å². The van der Waals surface area contributed by atoms with Gasteiger partial charge in [0.05, 0.1) is 19.9 Å². The molecule has 0 saturated heterocycles. The standard InChI is InChI=1S/C17H30N4O2.HI/c1-5-21(6-2)12-8-7-11-19-17(18)20-15-13-14(22-3)9-10-16(15)23-4;/h9-10,13H,5-8,11-12H2,1-4H3,(H3,18,19,20);1H. The summed E-state index contributed by atoms with van der Waals surface area (Å²) in [5.74, 6) is 1.82. The summed E-state index contributed by atoms with van der Waals surface area (Å²) in [5.41, 5.74) is 6.69. The Hall–Kier alpha value is -1.22. The Labute approximate surface area is 162 Å². The van der Waals surface area contributed by atoms with E-state index < -0.39 is 0 Å². The fourth-order valence-corrected chi connectivity index (χ4v) is 2.28. The number of hydrogen-bond donors (Lipinski definition) is 2. The summed E-state index contributed by atoms with van der Waals surface area (Å²) in [7, 11) is 3.24. The highest BCUT2D eigenvalue weighted by atomic mass is 127. The van der Waals surface area contributed by atoms with Crippen LogP contribution < -0.4 is 20.5 Å². The molecule has 0 unspecified atom stereocenters. The van der Waals surface area contributed by atoms with Gasteiger partial charge in [-0.05, 0) is 44.6 Å². The molecule has 0 spiro atoms. The van der Waals surface area contributed by atoms with E-state index in [1.165, 1.54) is 0 Å². The number of nitrogens with two attached hydrogens (primary N) is 1. The number of guanidine groups is 1. The van der Waals surface area contributed by atoms with Gasteiger partial charge in [0, 0.05) is 12.6 Å². The monoisotopic (exact) mass is 450 g/mol. The molecule has 0 heterocycles. The van der Waals surface area contributed by atoms with Crippen LogP contribution in [0.3, 0.4) is 0 Å². The first-order valence-electron chi connectivity index (χ1n) is 8.15. The predicted octanol–water partition coefficient (Wildman–Crippen LogP) is 3.17. The summed E-state index contributed by atoms with van der Waals surface area (Å²) in [6.45, 7) is 8.39. The lowest BCUT2D eigenvalue weighted by molar-refractivity contribution is 0.298. The van der Waals surface area contributed by atoms with E-state index in [2.05, 4.69) is 29.1 Å². The van der Waals surface area contributed by atoms with E-state index in [9.17, 15) is 0 Å². The predicted molar refractivity (Wildman–Crippen MR) is 112 cm³/mol. The van der Waals surface area contributed by atoms with Crippen LogP contribution in [0, 0.1) is 0 Å². The Kier molecular flexibility index (Phi) is 12.4. The first-order valence-corrected chi connectivity index (χ1v) is 8.15. The van der Waals surface area contributed by atoms with Gasteiger partial charge in [0.25, 0.3) is 0 Å². The Morgan fingerprint density at radius 1 is 1.17 bits per heavy atom. The minimum atomic E-state index is 0. The third-order valence-corrected chi connectivity index (χ3v) is 3.73. The number of halogens is 1. The second-order valence-corrected chi connectivity index (χ2v) is 5.19. The number of anilines is 1. The quantitative estimate of drug-likeness (QED) is 0.248. The molecule has 6 nitrogen and oxygen atoms in total. The highest BCUT2D eigenvalue weighted by Gasteiger charge is 2.06. The van der Waals surface area contributed by atoms with Crippen LogP contribution in [0.25, 0.3) is 0 Å². The maximum atomic E-state index is 5.95. The molecule has 1 aromatic carbocycles. The van der Waals surface area contributed by atoms with Crippen molar-refractivity contribution in [1.29, 1.82) is 0 Å². The van der Waals surface area contributed by atoms with Crippen molar-refractivity contribution >= 4 is 35.6 Å². The van der Waals surface area contributed by atoms with Gasteiger partial charge in [0.2, 0.25) is 0 Å². The molecule has 0 amide bonds. The van der Waals surface area contributed by atoms with Crippen LogP contribution in [0.15, 0.2) is 23.2 Å². The van der Waals surface area contributed by atoms with Crippen molar-refractivity contribution in [3.63, 3.8) is 0 Å². The fraction of sp³-hybridized carbons (Fsp3) is 0.588. The summed E-state index contributed by atoms with van der Waals surface area (Å²) < 4.78 is 10.5. The molecular weight excluding hydrogens is 419 g/mol. The molecule has 0 aliphatic carbocycles. The first-order chi connectivity index (χ1) is 11.1. The van der Waals surface area contributed by atoms with Crippen molar-refractivity contribution in [2.75, 3.05) is 45.7 Å². The molecule has 0 saturated carbocycles. The van der Waals surface area contributed by atoms with E-state index in [-0.39, 0.29) is 24.0 Å². The Bertz CT molecular complexity index is 493. The van der Waals surface area contributed by atoms with Crippen LogP contribution in [-0.2, 0) is 0 Å². The lowest BCUT2D eigenvalue weighted by Gasteiger charge is -2.17. The number of aliphatic imine (C=N–C) groups is 1. The number of nitrogens with one attached hydrogen (secondary N) is 1. The summed E-state index contributed by atoms with van der Waals surface area (Å²) in [5, 5.41) is 3.07. The van der Waals surface area contributed by atoms with E-state index in [1.54, 1.807) is 14.2 Å². The Morgan fingerprint density at radius 3 is 2.46 bits per heavy atom. The van der Waals surface area contributed by atoms with Crippen molar-refractivity contribution in [1.82, 2.24) is 4.90 Å². The molecule has 0 aliphatic heterocycles. The number of ether oxygens (including phenoxy) is 2. The SMILES string of the molecule is CCN(CC)CCCCN=C(N)Nc1cc(OC)ccc1OC.I. The van der Waals surface area contributed by atoms with Crippen LogP contribution in [0.4, 0.5) is 5.69 Å². The number of methoxy groups -OCH3 is 2. The van der Waals surface area contributed by atoms with Crippen LogP contribution in [0.1, 0.15) is 26.7 Å². The summed E-state index contributed by atoms with van der Waals surface area (Å²) in [6, 6.07) is 5.50. The number of benzene rings is 1. The van der Waals surface area contributed by atoms with E-state index in [1.807, 2.05) is 18.2 Å². The highest BCUT2D eigenvalue weighted by molar-refractivity contribution is 14.0. The van der Waals surface area contributed by atoms with Crippen LogP contribution in [0.5, 0.6) is 11.5 Å². The smallest absolute Gasteiger partial charge is 0.193 e. The van der Waals surface area contributed by atoms with E-state index >= 15 is 0 Å². The first kappa shape index (κ1) is 22.8. The van der Waals surface area contributed by atoms with Crippen molar-refractivity contribution < 1.29 is 9.47 Å². The zero-order chi connectivity index (χ0) is 17.1. The molecule has 0 fully saturated rings. The zero-order valence-electron chi connectivity index (χ0n) is 15.2. The van der Waals surface area contributed by atoms with Gasteiger partial charge in [0.15, 0.2) is 5.96 Å². The number of rotatable bonds is 10. The second kappa shape index (κ2) is 13.1. The van der Waals surface area contributed by atoms with Gasteiger partial charge in [-0.2, -0.15) is 0 Å². The lowest BCUT2D eigenvalue weighted by Crippen LogP contribution is -2.24. The van der Waals surface area contributed by atoms with Crippen molar-refractivity contribution in [2.45, 2.75) is 26.7 Å². The minimum Gasteiger partial charge on any atom is -0.497 e. The molecule has 7 heteroatoms. The molecule has 0 aromatic heterocycles. The number of hydrogen-bond acceptors (Lipinski definition) is 4. The van der Waals surface area contributed by atoms with Gasteiger partial charge >= 0.3 is 0 Å². The zero-order valence-corrected chi connectivity index (χ0v) is 17.5. The van der Waals surface area contributed by atoms with Crippen LogP contribution in [-0.4, -0.2) is 51.3 Å². The molecule has 0 bridgehead atoms. The van der Waals surface area contributed by atoms with Gasteiger partial charge in [-0.1, -0.05) is 13.8 Å². The van der Waals surface area contributed by atoms with Gasteiger partial charge in [-0.25, -0.2) is 0 Å². The Morgan fingerprint density at radius 2 is 1.88 bits per heavy atom. The van der Waals surface area contributed by atoms with Gasteiger partial charge in [-0.3, -0.25) is 4.99 Å².